The van der Waals surface area contributed by atoms with Crippen LogP contribution in [0.4, 0.5) is 5.69 Å². The second-order valence-electron chi connectivity index (χ2n) is 4.33. The highest BCUT2D eigenvalue weighted by molar-refractivity contribution is 6.10. The van der Waals surface area contributed by atoms with E-state index < -0.39 is 0 Å². The van der Waals surface area contributed by atoms with Crippen LogP contribution in [-0.2, 0) is 0 Å². The molecule has 0 aliphatic heterocycles. The van der Waals surface area contributed by atoms with E-state index in [1.165, 1.54) is 12.1 Å². The number of hydrogen-bond donors (Lipinski definition) is 3. The molecule has 0 saturated heterocycles. The molecule has 0 unspecified atom stereocenters. The first-order valence-corrected chi connectivity index (χ1v) is 6.24. The van der Waals surface area contributed by atoms with E-state index in [1.54, 1.807) is 12.1 Å². The molecule has 1 heterocycles. The molecule has 0 amide bonds. The van der Waals surface area contributed by atoms with E-state index in [-0.39, 0.29) is 11.5 Å². The Balaban J connectivity index is 1.89. The Bertz CT molecular complexity index is 809. The lowest BCUT2D eigenvalue weighted by atomic mass is 10.3. The average molecular weight is 277 g/mol. The van der Waals surface area contributed by atoms with Crippen LogP contribution in [0.1, 0.15) is 5.82 Å². The number of rotatable bonds is 3. The summed E-state index contributed by atoms with van der Waals surface area (Å²) in [6.45, 7) is 0. The molecule has 3 rings (SSSR count). The van der Waals surface area contributed by atoms with Crippen molar-refractivity contribution in [1.82, 2.24) is 9.97 Å². The SMILES string of the molecule is N#CC(=NNc1ccc(O)cc1)c1nc2ccccc2[nH]1. The Morgan fingerprint density at radius 2 is 1.95 bits per heavy atom. The molecule has 102 valence electrons. The fourth-order valence-electron chi connectivity index (χ4n) is 1.85. The maximum absolute atomic E-state index is 9.21. The van der Waals surface area contributed by atoms with Crippen LogP contribution in [0.2, 0.25) is 0 Å². The second kappa shape index (κ2) is 5.35. The minimum absolute atomic E-state index is 0.152. The number of fused-ring (bicyclic) bond motifs is 1. The maximum atomic E-state index is 9.21. The Hall–Kier alpha value is -3.33. The summed E-state index contributed by atoms with van der Waals surface area (Å²) in [5.41, 5.74) is 5.20. The number of nitriles is 1. The Labute approximate surface area is 120 Å². The number of aromatic nitrogens is 2. The number of hydrazone groups is 1. The smallest absolute Gasteiger partial charge is 0.203 e. The van der Waals surface area contributed by atoms with Gasteiger partial charge in [-0.25, -0.2) is 4.98 Å². The van der Waals surface area contributed by atoms with Gasteiger partial charge in [-0.3, -0.25) is 5.43 Å². The van der Waals surface area contributed by atoms with Crippen molar-refractivity contribution in [2.24, 2.45) is 5.10 Å². The number of aromatic hydroxyl groups is 1. The lowest BCUT2D eigenvalue weighted by Gasteiger charge is -2.00. The van der Waals surface area contributed by atoms with Gasteiger partial charge in [0.25, 0.3) is 0 Å². The molecule has 6 nitrogen and oxygen atoms in total. The number of nitrogens with one attached hydrogen (secondary N) is 2. The van der Waals surface area contributed by atoms with Crippen molar-refractivity contribution in [3.8, 4) is 11.8 Å². The van der Waals surface area contributed by atoms with Gasteiger partial charge in [0.05, 0.1) is 16.7 Å². The zero-order valence-corrected chi connectivity index (χ0v) is 10.9. The second-order valence-corrected chi connectivity index (χ2v) is 4.33. The summed E-state index contributed by atoms with van der Waals surface area (Å²) in [5, 5.41) is 22.5. The molecule has 0 aliphatic carbocycles. The topological polar surface area (TPSA) is 97.1 Å². The van der Waals surface area contributed by atoms with Gasteiger partial charge in [0.1, 0.15) is 11.8 Å². The maximum Gasteiger partial charge on any atom is 0.203 e. The third kappa shape index (κ3) is 2.67. The molecule has 0 saturated carbocycles. The summed E-state index contributed by atoms with van der Waals surface area (Å²) >= 11 is 0. The monoisotopic (exact) mass is 277 g/mol. The predicted octanol–water partition coefficient (Wildman–Crippen LogP) is 2.61. The van der Waals surface area contributed by atoms with Gasteiger partial charge >= 0.3 is 0 Å². The lowest BCUT2D eigenvalue weighted by Crippen LogP contribution is -2.03. The standard InChI is InChI=1S/C15H11N5O/c16-9-14(20-19-10-5-7-11(21)8-6-10)15-17-12-3-1-2-4-13(12)18-15/h1-8,19,21H,(H,17,18). The first kappa shape index (κ1) is 12.7. The molecule has 0 bridgehead atoms. The molecule has 0 fully saturated rings. The van der Waals surface area contributed by atoms with Crippen molar-refractivity contribution >= 4 is 22.4 Å². The third-order valence-electron chi connectivity index (χ3n) is 2.88. The summed E-state index contributed by atoms with van der Waals surface area (Å²) in [4.78, 5) is 7.37. The van der Waals surface area contributed by atoms with E-state index in [1.807, 2.05) is 30.3 Å². The number of benzene rings is 2. The Kier molecular flexibility index (Phi) is 3.23. The van der Waals surface area contributed by atoms with Crippen LogP contribution in [0.5, 0.6) is 5.75 Å². The van der Waals surface area contributed by atoms with Gasteiger partial charge in [-0.1, -0.05) is 12.1 Å². The first-order chi connectivity index (χ1) is 10.3. The van der Waals surface area contributed by atoms with Crippen LogP contribution >= 0.6 is 0 Å². The van der Waals surface area contributed by atoms with Gasteiger partial charge < -0.3 is 10.1 Å². The normalized spacial score (nSPS) is 11.3. The Morgan fingerprint density at radius 1 is 1.19 bits per heavy atom. The van der Waals surface area contributed by atoms with Crippen molar-refractivity contribution in [2.75, 3.05) is 5.43 Å². The molecule has 6 heteroatoms. The molecule has 21 heavy (non-hydrogen) atoms. The van der Waals surface area contributed by atoms with Crippen LogP contribution in [0.15, 0.2) is 53.6 Å². The van der Waals surface area contributed by atoms with Crippen LogP contribution in [0.25, 0.3) is 11.0 Å². The summed E-state index contributed by atoms with van der Waals surface area (Å²) < 4.78 is 0. The van der Waals surface area contributed by atoms with Crippen molar-refractivity contribution in [3.63, 3.8) is 0 Å². The van der Waals surface area contributed by atoms with Gasteiger partial charge in [-0.05, 0) is 36.4 Å². The molecule has 2 aromatic carbocycles. The highest BCUT2D eigenvalue weighted by Gasteiger charge is 2.08. The molecule has 0 aliphatic rings. The largest absolute Gasteiger partial charge is 0.508 e. The minimum atomic E-state index is 0.152. The number of imidazole rings is 1. The van der Waals surface area contributed by atoms with Crippen LogP contribution in [0.3, 0.4) is 0 Å². The van der Waals surface area contributed by atoms with Gasteiger partial charge in [0, 0.05) is 0 Å². The predicted molar refractivity (Wildman–Crippen MR) is 80.0 cm³/mol. The number of hydrogen-bond acceptors (Lipinski definition) is 5. The number of aromatic amines is 1. The van der Waals surface area contributed by atoms with E-state index in [0.29, 0.717) is 11.5 Å². The van der Waals surface area contributed by atoms with Gasteiger partial charge in [-0.2, -0.15) is 10.4 Å². The molecular formula is C15H11N5O. The number of anilines is 1. The zero-order valence-electron chi connectivity index (χ0n) is 10.9. The average Bonchev–Trinajstić information content (AvgIpc) is 2.93. The minimum Gasteiger partial charge on any atom is -0.508 e. The molecule has 1 aromatic heterocycles. The first-order valence-electron chi connectivity index (χ1n) is 6.24. The number of para-hydroxylation sites is 2. The molecule has 3 N–H and O–H groups in total. The quantitative estimate of drug-likeness (QED) is 0.389. The number of phenols is 1. The third-order valence-corrected chi connectivity index (χ3v) is 2.88. The molecule has 3 aromatic rings. The summed E-state index contributed by atoms with van der Waals surface area (Å²) in [7, 11) is 0. The summed E-state index contributed by atoms with van der Waals surface area (Å²) in [6, 6.07) is 15.9. The Morgan fingerprint density at radius 3 is 2.67 bits per heavy atom. The molecular weight excluding hydrogens is 266 g/mol. The summed E-state index contributed by atoms with van der Waals surface area (Å²) in [6.07, 6.45) is 0. The van der Waals surface area contributed by atoms with Gasteiger partial charge in [0.15, 0.2) is 5.82 Å². The van der Waals surface area contributed by atoms with E-state index in [0.717, 1.165) is 11.0 Å². The lowest BCUT2D eigenvalue weighted by molar-refractivity contribution is 0.475. The number of nitrogens with zero attached hydrogens (tertiary/aromatic N) is 3. The van der Waals surface area contributed by atoms with Crippen molar-refractivity contribution in [2.45, 2.75) is 0 Å². The van der Waals surface area contributed by atoms with Crippen LogP contribution in [-0.4, -0.2) is 20.8 Å². The van der Waals surface area contributed by atoms with E-state index >= 15 is 0 Å². The van der Waals surface area contributed by atoms with E-state index in [4.69, 9.17) is 0 Å². The van der Waals surface area contributed by atoms with Crippen molar-refractivity contribution in [3.05, 3.63) is 54.4 Å². The van der Waals surface area contributed by atoms with E-state index in [2.05, 4.69) is 20.5 Å². The fourth-order valence-corrected chi connectivity index (χ4v) is 1.85. The van der Waals surface area contributed by atoms with E-state index in [9.17, 15) is 10.4 Å². The van der Waals surface area contributed by atoms with Crippen LogP contribution in [0, 0.1) is 11.3 Å². The molecule has 0 radical (unpaired) electrons. The van der Waals surface area contributed by atoms with Crippen molar-refractivity contribution < 1.29 is 5.11 Å². The van der Waals surface area contributed by atoms with Crippen molar-refractivity contribution in [1.29, 1.82) is 5.26 Å². The number of phenolic OH excluding ortho intramolecular Hbond substituents is 1. The van der Waals surface area contributed by atoms with Crippen LogP contribution < -0.4 is 5.43 Å². The molecule has 0 spiro atoms. The highest BCUT2D eigenvalue weighted by Crippen LogP contribution is 2.14. The highest BCUT2D eigenvalue weighted by atomic mass is 16.3. The summed E-state index contributed by atoms with van der Waals surface area (Å²) in [5.74, 6) is 0.576. The zero-order chi connectivity index (χ0) is 14.7. The fraction of sp³-hybridized carbons (Fsp3) is 0. The molecule has 0 atom stereocenters. The number of H-pyrrole nitrogens is 1. The van der Waals surface area contributed by atoms with Gasteiger partial charge in [0.2, 0.25) is 5.71 Å². The van der Waals surface area contributed by atoms with Gasteiger partial charge in [-0.15, -0.1) is 0 Å².